The molecule has 1 aromatic rings. The first-order valence-electron chi connectivity index (χ1n) is 5.35. The van der Waals surface area contributed by atoms with Crippen molar-refractivity contribution in [1.29, 1.82) is 0 Å². The minimum absolute atomic E-state index is 0.0955. The smallest absolute Gasteiger partial charge is 0.123 e. The van der Waals surface area contributed by atoms with Gasteiger partial charge in [0.05, 0.1) is 0 Å². The summed E-state index contributed by atoms with van der Waals surface area (Å²) < 4.78 is 0. The van der Waals surface area contributed by atoms with E-state index in [4.69, 9.17) is 5.11 Å². The topological polar surface area (TPSA) is 52.5 Å². The minimum Gasteiger partial charge on any atom is -0.508 e. The molecule has 0 aliphatic rings. The monoisotopic (exact) mass is 209 g/mol. The quantitative estimate of drug-likeness (QED) is 0.697. The maximum absolute atomic E-state index is 9.51. The molecule has 0 amide bonds. The Morgan fingerprint density at radius 1 is 1.33 bits per heavy atom. The molecule has 0 aliphatic heterocycles. The molecule has 1 aromatic carbocycles. The predicted octanol–water partition coefficient (Wildman–Crippen LogP) is 2.23. The first kappa shape index (κ1) is 11.9. The molecular weight excluding hydrogens is 190 g/mol. The lowest BCUT2D eigenvalue weighted by atomic mass is 10.1. The zero-order valence-electron chi connectivity index (χ0n) is 9.33. The van der Waals surface area contributed by atoms with E-state index in [-0.39, 0.29) is 11.5 Å². The number of hydrogen-bond donors (Lipinski definition) is 3. The second-order valence-electron chi connectivity index (χ2n) is 3.96. The first-order valence-corrected chi connectivity index (χ1v) is 5.35. The number of rotatable bonds is 5. The summed E-state index contributed by atoms with van der Waals surface area (Å²) in [4.78, 5) is 0. The lowest BCUT2D eigenvalue weighted by Crippen LogP contribution is -2.20. The second kappa shape index (κ2) is 5.61. The van der Waals surface area contributed by atoms with Crippen molar-refractivity contribution in [2.75, 3.05) is 6.54 Å². The van der Waals surface area contributed by atoms with E-state index in [1.165, 1.54) is 6.07 Å². The zero-order valence-corrected chi connectivity index (χ0v) is 9.33. The van der Waals surface area contributed by atoms with Crippen LogP contribution in [0.5, 0.6) is 11.5 Å². The van der Waals surface area contributed by atoms with Crippen molar-refractivity contribution in [3.63, 3.8) is 0 Å². The van der Waals surface area contributed by atoms with Gasteiger partial charge in [0.2, 0.25) is 0 Å². The Morgan fingerprint density at radius 3 is 2.67 bits per heavy atom. The normalized spacial score (nSPS) is 12.7. The van der Waals surface area contributed by atoms with Crippen LogP contribution in [0.3, 0.4) is 0 Å². The molecule has 0 saturated heterocycles. The van der Waals surface area contributed by atoms with Crippen molar-refractivity contribution < 1.29 is 10.2 Å². The molecule has 1 unspecified atom stereocenters. The largest absolute Gasteiger partial charge is 0.508 e. The highest BCUT2D eigenvalue weighted by Crippen LogP contribution is 2.22. The Labute approximate surface area is 90.8 Å². The Balaban J connectivity index is 2.44. The summed E-state index contributed by atoms with van der Waals surface area (Å²) in [5.74, 6) is 0.883. The number of nitrogens with one attached hydrogen (secondary N) is 1. The van der Waals surface area contributed by atoms with Gasteiger partial charge in [-0.25, -0.2) is 0 Å². The molecule has 0 heterocycles. The molecule has 3 N–H and O–H groups in total. The number of phenols is 2. The zero-order chi connectivity index (χ0) is 11.3. The molecule has 1 rings (SSSR count). The highest BCUT2D eigenvalue weighted by Gasteiger charge is 2.03. The summed E-state index contributed by atoms with van der Waals surface area (Å²) in [6.07, 6.45) is 1.15. The molecule has 0 radical (unpaired) electrons. The van der Waals surface area contributed by atoms with Crippen LogP contribution in [0.2, 0.25) is 0 Å². The fourth-order valence-corrected chi connectivity index (χ4v) is 1.30. The third-order valence-corrected chi connectivity index (χ3v) is 2.57. The van der Waals surface area contributed by atoms with Crippen LogP contribution in [0.1, 0.15) is 25.8 Å². The summed E-state index contributed by atoms with van der Waals surface area (Å²) >= 11 is 0. The van der Waals surface area contributed by atoms with Crippen molar-refractivity contribution in [2.45, 2.75) is 26.8 Å². The highest BCUT2D eigenvalue weighted by molar-refractivity contribution is 5.38. The molecule has 15 heavy (non-hydrogen) atoms. The third kappa shape index (κ3) is 3.80. The number of aromatic hydroxyl groups is 2. The fourth-order valence-electron chi connectivity index (χ4n) is 1.30. The molecule has 0 bridgehead atoms. The summed E-state index contributed by atoms with van der Waals surface area (Å²) in [5.41, 5.74) is 0.816. The Kier molecular flexibility index (Phi) is 4.43. The van der Waals surface area contributed by atoms with Gasteiger partial charge in [-0.05, 0) is 18.5 Å². The van der Waals surface area contributed by atoms with Crippen molar-refractivity contribution in [3.05, 3.63) is 23.8 Å². The molecule has 0 spiro atoms. The molecule has 1 atom stereocenters. The Morgan fingerprint density at radius 2 is 2.07 bits per heavy atom. The van der Waals surface area contributed by atoms with E-state index in [1.54, 1.807) is 12.1 Å². The SMILES string of the molecule is CCC(C)CNCc1ccc(O)cc1O. The lowest BCUT2D eigenvalue weighted by Gasteiger charge is -2.10. The van der Waals surface area contributed by atoms with Gasteiger partial charge in [0.25, 0.3) is 0 Å². The summed E-state index contributed by atoms with van der Waals surface area (Å²) in [6.45, 7) is 5.92. The Hall–Kier alpha value is -1.22. The second-order valence-corrected chi connectivity index (χ2v) is 3.96. The van der Waals surface area contributed by atoms with E-state index in [1.807, 2.05) is 0 Å². The number of hydrogen-bond acceptors (Lipinski definition) is 3. The van der Waals surface area contributed by atoms with Crippen LogP contribution in [0.15, 0.2) is 18.2 Å². The van der Waals surface area contributed by atoms with E-state index in [9.17, 15) is 5.11 Å². The van der Waals surface area contributed by atoms with Crippen molar-refractivity contribution >= 4 is 0 Å². The average Bonchev–Trinajstić information content (AvgIpc) is 2.21. The standard InChI is InChI=1S/C12H19NO2/c1-3-9(2)7-13-8-10-4-5-11(14)6-12(10)15/h4-6,9,13-15H,3,7-8H2,1-2H3. The summed E-state index contributed by atoms with van der Waals surface area (Å²) in [7, 11) is 0. The summed E-state index contributed by atoms with van der Waals surface area (Å²) in [5, 5.41) is 21.9. The van der Waals surface area contributed by atoms with Crippen molar-refractivity contribution in [1.82, 2.24) is 5.32 Å². The van der Waals surface area contributed by atoms with Gasteiger partial charge in [-0.3, -0.25) is 0 Å². The van der Waals surface area contributed by atoms with Crippen LogP contribution < -0.4 is 5.32 Å². The minimum atomic E-state index is 0.0955. The Bertz CT molecular complexity index is 312. The van der Waals surface area contributed by atoms with E-state index in [0.717, 1.165) is 18.5 Å². The third-order valence-electron chi connectivity index (χ3n) is 2.57. The van der Waals surface area contributed by atoms with Crippen LogP contribution in [0, 0.1) is 5.92 Å². The van der Waals surface area contributed by atoms with Crippen LogP contribution >= 0.6 is 0 Å². The van der Waals surface area contributed by atoms with E-state index >= 15 is 0 Å². The molecule has 0 aliphatic carbocycles. The van der Waals surface area contributed by atoms with Gasteiger partial charge >= 0.3 is 0 Å². The first-order chi connectivity index (χ1) is 7.13. The van der Waals surface area contributed by atoms with Gasteiger partial charge < -0.3 is 15.5 Å². The van der Waals surface area contributed by atoms with Crippen LogP contribution in [0.4, 0.5) is 0 Å². The molecule has 84 valence electrons. The maximum atomic E-state index is 9.51. The van der Waals surface area contributed by atoms with Crippen LogP contribution in [-0.2, 0) is 6.54 Å². The van der Waals surface area contributed by atoms with Crippen LogP contribution in [-0.4, -0.2) is 16.8 Å². The fraction of sp³-hybridized carbons (Fsp3) is 0.500. The van der Waals surface area contributed by atoms with Gasteiger partial charge in [0.1, 0.15) is 11.5 Å². The number of benzene rings is 1. The molecule has 3 heteroatoms. The number of phenolic OH excluding ortho intramolecular Hbond substituents is 2. The van der Waals surface area contributed by atoms with Crippen molar-refractivity contribution in [2.24, 2.45) is 5.92 Å². The molecule has 0 fully saturated rings. The maximum Gasteiger partial charge on any atom is 0.123 e. The lowest BCUT2D eigenvalue weighted by molar-refractivity contribution is 0.440. The van der Waals surface area contributed by atoms with Gasteiger partial charge in [-0.15, -0.1) is 0 Å². The highest BCUT2D eigenvalue weighted by atomic mass is 16.3. The van der Waals surface area contributed by atoms with Gasteiger partial charge in [0, 0.05) is 18.2 Å². The van der Waals surface area contributed by atoms with E-state index in [2.05, 4.69) is 19.2 Å². The van der Waals surface area contributed by atoms with Crippen molar-refractivity contribution in [3.8, 4) is 11.5 Å². The molecule has 0 aromatic heterocycles. The molecule has 3 nitrogen and oxygen atoms in total. The summed E-state index contributed by atoms with van der Waals surface area (Å²) in [6, 6.07) is 4.68. The molecular formula is C12H19NO2. The average molecular weight is 209 g/mol. The van der Waals surface area contributed by atoms with E-state index < -0.39 is 0 Å². The predicted molar refractivity (Wildman–Crippen MR) is 60.9 cm³/mol. The van der Waals surface area contributed by atoms with E-state index in [0.29, 0.717) is 12.5 Å². The van der Waals surface area contributed by atoms with Gasteiger partial charge in [-0.2, -0.15) is 0 Å². The molecule has 0 saturated carbocycles. The van der Waals surface area contributed by atoms with Gasteiger partial charge in [0.15, 0.2) is 0 Å². The van der Waals surface area contributed by atoms with Crippen LogP contribution in [0.25, 0.3) is 0 Å². The van der Waals surface area contributed by atoms with Gasteiger partial charge in [-0.1, -0.05) is 26.3 Å².